The summed E-state index contributed by atoms with van der Waals surface area (Å²) in [5, 5.41) is 0. The Kier molecular flexibility index (Phi) is 4.38. The lowest BCUT2D eigenvalue weighted by Gasteiger charge is -2.29. The van der Waals surface area contributed by atoms with Crippen LogP contribution in [0.1, 0.15) is 16.1 Å². The van der Waals surface area contributed by atoms with Crippen molar-refractivity contribution in [3.05, 3.63) is 46.3 Å². The van der Waals surface area contributed by atoms with Gasteiger partial charge in [-0.3, -0.25) is 4.79 Å². The molecule has 23 heavy (non-hydrogen) atoms. The number of carbonyl (C=O) groups is 2. The highest BCUT2D eigenvalue weighted by atomic mass is 79.9. The fourth-order valence-corrected chi connectivity index (χ4v) is 2.59. The van der Waals surface area contributed by atoms with Crippen molar-refractivity contribution in [2.24, 2.45) is 0 Å². The molecule has 0 N–H and O–H groups in total. The molecule has 2 heterocycles. The molecule has 0 fully saturated rings. The topological polar surface area (TPSA) is 69.0 Å². The van der Waals surface area contributed by atoms with Crippen LogP contribution in [0.2, 0.25) is 0 Å². The van der Waals surface area contributed by atoms with Crippen molar-refractivity contribution in [3.8, 4) is 5.75 Å². The molecule has 1 aliphatic heterocycles. The van der Waals surface area contributed by atoms with Crippen molar-refractivity contribution in [2.45, 2.75) is 6.92 Å². The van der Waals surface area contributed by atoms with Crippen LogP contribution in [0, 0.1) is 6.92 Å². The van der Waals surface area contributed by atoms with Gasteiger partial charge in [0.25, 0.3) is 5.91 Å². The van der Waals surface area contributed by atoms with Gasteiger partial charge in [-0.15, -0.1) is 0 Å². The van der Waals surface area contributed by atoms with E-state index in [0.29, 0.717) is 29.3 Å². The van der Waals surface area contributed by atoms with Crippen molar-refractivity contribution >= 4 is 33.5 Å². The zero-order chi connectivity index (χ0) is 16.4. The van der Waals surface area contributed by atoms with E-state index < -0.39 is 5.97 Å². The lowest BCUT2D eigenvalue weighted by atomic mass is 10.1. The Hall–Kier alpha value is -2.28. The maximum atomic E-state index is 12.4. The maximum Gasteiger partial charge on any atom is 0.374 e. The van der Waals surface area contributed by atoms with Crippen molar-refractivity contribution in [3.63, 3.8) is 0 Å². The van der Waals surface area contributed by atoms with Crippen LogP contribution < -0.4 is 9.64 Å². The van der Waals surface area contributed by atoms with Crippen LogP contribution in [0.4, 0.5) is 5.69 Å². The molecule has 3 rings (SSSR count). The molecular formula is C16H14BrNO5. The minimum Gasteiger partial charge on any atom is -0.490 e. The van der Waals surface area contributed by atoms with Gasteiger partial charge < -0.3 is 18.8 Å². The largest absolute Gasteiger partial charge is 0.490 e. The lowest BCUT2D eigenvalue weighted by molar-refractivity contribution is -0.122. The van der Waals surface area contributed by atoms with Crippen molar-refractivity contribution < 1.29 is 23.5 Å². The third-order valence-electron chi connectivity index (χ3n) is 3.38. The highest BCUT2D eigenvalue weighted by Gasteiger charge is 2.25. The van der Waals surface area contributed by atoms with E-state index in [1.165, 1.54) is 6.07 Å². The first kappa shape index (κ1) is 15.6. The Morgan fingerprint density at radius 1 is 1.30 bits per heavy atom. The van der Waals surface area contributed by atoms with E-state index in [-0.39, 0.29) is 18.3 Å². The van der Waals surface area contributed by atoms with Gasteiger partial charge in [-0.05, 0) is 52.7 Å². The number of amides is 1. The highest BCUT2D eigenvalue weighted by molar-refractivity contribution is 9.10. The second kappa shape index (κ2) is 6.45. The highest BCUT2D eigenvalue weighted by Crippen LogP contribution is 2.32. The Morgan fingerprint density at radius 3 is 2.87 bits per heavy atom. The van der Waals surface area contributed by atoms with Crippen LogP contribution in [0.5, 0.6) is 5.75 Å². The molecular weight excluding hydrogens is 366 g/mol. The minimum atomic E-state index is -0.679. The summed E-state index contributed by atoms with van der Waals surface area (Å²) >= 11 is 3.10. The van der Waals surface area contributed by atoms with Crippen LogP contribution in [0.15, 0.2) is 39.4 Å². The standard InChI is InChI=1S/C16H14BrNO5/c1-10-2-3-12-11(8-10)18(6-7-21-12)15(19)9-22-16(20)13-4-5-14(17)23-13/h2-5,8H,6-7,9H2,1H3. The number of furan rings is 1. The first-order valence-electron chi connectivity index (χ1n) is 7.01. The summed E-state index contributed by atoms with van der Waals surface area (Å²) in [6, 6.07) is 8.68. The smallest absolute Gasteiger partial charge is 0.374 e. The Balaban J connectivity index is 1.68. The molecule has 0 spiro atoms. The SMILES string of the molecule is Cc1ccc2c(c1)N(C(=O)COC(=O)c1ccc(Br)o1)CCO2. The van der Waals surface area contributed by atoms with E-state index >= 15 is 0 Å². The van der Waals surface area contributed by atoms with Gasteiger partial charge in [-0.1, -0.05) is 6.07 Å². The molecule has 1 amide bonds. The molecule has 1 aromatic heterocycles. The summed E-state index contributed by atoms with van der Waals surface area (Å²) in [6.45, 7) is 2.40. The zero-order valence-corrected chi connectivity index (χ0v) is 14.0. The van der Waals surface area contributed by atoms with E-state index in [4.69, 9.17) is 13.9 Å². The van der Waals surface area contributed by atoms with E-state index in [1.807, 2.05) is 25.1 Å². The molecule has 2 aromatic rings. The number of carbonyl (C=O) groups excluding carboxylic acids is 2. The van der Waals surface area contributed by atoms with E-state index in [0.717, 1.165) is 5.56 Å². The molecule has 1 aromatic carbocycles. The molecule has 0 aliphatic carbocycles. The second-order valence-corrected chi connectivity index (χ2v) is 5.83. The molecule has 0 bridgehead atoms. The number of rotatable bonds is 3. The average Bonchev–Trinajstić information content (AvgIpc) is 2.98. The molecule has 120 valence electrons. The molecule has 0 saturated carbocycles. The fraction of sp³-hybridized carbons (Fsp3) is 0.250. The van der Waals surface area contributed by atoms with Gasteiger partial charge in [0.15, 0.2) is 11.3 Å². The quantitative estimate of drug-likeness (QED) is 0.766. The van der Waals surface area contributed by atoms with Crippen LogP contribution in [-0.2, 0) is 9.53 Å². The van der Waals surface area contributed by atoms with Crippen LogP contribution in [0.3, 0.4) is 0 Å². The summed E-state index contributed by atoms with van der Waals surface area (Å²) in [6.07, 6.45) is 0. The summed E-state index contributed by atoms with van der Waals surface area (Å²) in [4.78, 5) is 25.7. The predicted molar refractivity (Wildman–Crippen MR) is 85.7 cm³/mol. The van der Waals surface area contributed by atoms with Gasteiger partial charge >= 0.3 is 5.97 Å². The van der Waals surface area contributed by atoms with Crippen molar-refractivity contribution in [1.29, 1.82) is 0 Å². The Morgan fingerprint density at radius 2 is 2.13 bits per heavy atom. The molecule has 0 unspecified atom stereocenters. The summed E-state index contributed by atoms with van der Waals surface area (Å²) in [7, 11) is 0. The Labute approximate surface area is 141 Å². The number of hydrogen-bond donors (Lipinski definition) is 0. The zero-order valence-electron chi connectivity index (χ0n) is 12.4. The van der Waals surface area contributed by atoms with Gasteiger partial charge in [0, 0.05) is 0 Å². The molecule has 1 aliphatic rings. The van der Waals surface area contributed by atoms with Gasteiger partial charge in [-0.2, -0.15) is 0 Å². The normalized spacial score (nSPS) is 13.2. The third kappa shape index (κ3) is 3.39. The number of hydrogen-bond acceptors (Lipinski definition) is 5. The summed E-state index contributed by atoms with van der Waals surface area (Å²) < 4.78 is 16.1. The average molecular weight is 380 g/mol. The first-order valence-corrected chi connectivity index (χ1v) is 7.80. The molecule has 0 atom stereocenters. The lowest BCUT2D eigenvalue weighted by Crippen LogP contribution is -2.40. The summed E-state index contributed by atoms with van der Waals surface area (Å²) in [5.74, 6) is -0.291. The number of esters is 1. The second-order valence-electron chi connectivity index (χ2n) is 5.04. The van der Waals surface area contributed by atoms with Gasteiger partial charge in [0.1, 0.15) is 12.4 Å². The number of ether oxygens (including phenoxy) is 2. The number of fused-ring (bicyclic) bond motifs is 1. The number of benzene rings is 1. The van der Waals surface area contributed by atoms with Crippen molar-refractivity contribution in [1.82, 2.24) is 0 Å². The molecule has 0 radical (unpaired) electrons. The van der Waals surface area contributed by atoms with Gasteiger partial charge in [-0.25, -0.2) is 4.79 Å². The van der Waals surface area contributed by atoms with E-state index in [1.54, 1.807) is 11.0 Å². The predicted octanol–water partition coefficient (Wildman–Crippen LogP) is 2.93. The minimum absolute atomic E-state index is 0.0443. The van der Waals surface area contributed by atoms with E-state index in [2.05, 4.69) is 15.9 Å². The number of nitrogens with zero attached hydrogens (tertiary/aromatic N) is 1. The number of halogens is 1. The van der Waals surface area contributed by atoms with Crippen LogP contribution in [0.25, 0.3) is 0 Å². The molecule has 0 saturated heterocycles. The molecule has 7 heteroatoms. The van der Waals surface area contributed by atoms with Crippen molar-refractivity contribution in [2.75, 3.05) is 24.7 Å². The molecule has 6 nitrogen and oxygen atoms in total. The van der Waals surface area contributed by atoms with Gasteiger partial charge in [0.2, 0.25) is 5.76 Å². The van der Waals surface area contributed by atoms with Crippen LogP contribution >= 0.6 is 15.9 Å². The summed E-state index contributed by atoms with van der Waals surface area (Å²) in [5.41, 5.74) is 1.71. The Bertz CT molecular complexity index is 755. The van der Waals surface area contributed by atoms with E-state index in [9.17, 15) is 9.59 Å². The maximum absolute atomic E-state index is 12.4. The van der Waals surface area contributed by atoms with Crippen LogP contribution in [-0.4, -0.2) is 31.6 Å². The van der Waals surface area contributed by atoms with Gasteiger partial charge in [0.05, 0.1) is 12.2 Å². The monoisotopic (exact) mass is 379 g/mol. The third-order valence-corrected chi connectivity index (χ3v) is 3.81. The fourth-order valence-electron chi connectivity index (χ4n) is 2.29. The number of aryl methyl sites for hydroxylation is 1. The first-order chi connectivity index (χ1) is 11.0. The number of anilines is 1.